The molecule has 3 rings (SSSR count). The minimum Gasteiger partial charge on any atom is -0.345 e. The molecule has 1 N–H and O–H groups in total. The molecule has 0 radical (unpaired) electrons. The number of nitrogens with one attached hydrogen (secondary N) is 1. The smallest absolute Gasteiger partial charge is 0.252 e. The summed E-state index contributed by atoms with van der Waals surface area (Å²) < 4.78 is 1.86. The van der Waals surface area contributed by atoms with Crippen LogP contribution in [0.15, 0.2) is 36.5 Å². The zero-order chi connectivity index (χ0) is 18.8. The SMILES string of the molecule is CC[C@H](NC(=O)c1cc(C)nc2c1cnn2C(C)C)c1ccc(C)cc1. The molecule has 1 amide bonds. The molecular formula is C21H26N4O. The first kappa shape index (κ1) is 18.1. The summed E-state index contributed by atoms with van der Waals surface area (Å²) in [6, 6.07) is 10.3. The van der Waals surface area contributed by atoms with E-state index in [1.165, 1.54) is 5.56 Å². The van der Waals surface area contributed by atoms with Crippen molar-refractivity contribution in [2.24, 2.45) is 0 Å². The first-order valence-corrected chi connectivity index (χ1v) is 9.13. The lowest BCUT2D eigenvalue weighted by molar-refractivity contribution is 0.0937. The van der Waals surface area contributed by atoms with E-state index in [2.05, 4.69) is 67.4 Å². The molecule has 2 heterocycles. The number of carbonyl (C=O) groups is 1. The largest absolute Gasteiger partial charge is 0.345 e. The molecule has 0 unspecified atom stereocenters. The van der Waals surface area contributed by atoms with Gasteiger partial charge in [0, 0.05) is 11.7 Å². The van der Waals surface area contributed by atoms with Gasteiger partial charge in [0.2, 0.25) is 0 Å². The molecule has 0 spiro atoms. The third kappa shape index (κ3) is 3.47. The number of pyridine rings is 1. The zero-order valence-corrected chi connectivity index (χ0v) is 16.1. The normalized spacial score (nSPS) is 12.5. The summed E-state index contributed by atoms with van der Waals surface area (Å²) in [5, 5.41) is 8.39. The van der Waals surface area contributed by atoms with Gasteiger partial charge in [-0.3, -0.25) is 4.79 Å². The van der Waals surface area contributed by atoms with Gasteiger partial charge >= 0.3 is 0 Å². The van der Waals surface area contributed by atoms with Crippen molar-refractivity contribution in [3.05, 3.63) is 58.9 Å². The minimum atomic E-state index is -0.0868. The zero-order valence-electron chi connectivity index (χ0n) is 16.1. The minimum absolute atomic E-state index is 0.0215. The van der Waals surface area contributed by atoms with Crippen LogP contribution in [-0.2, 0) is 0 Å². The monoisotopic (exact) mass is 350 g/mol. The van der Waals surface area contributed by atoms with Crippen molar-refractivity contribution in [1.29, 1.82) is 0 Å². The lowest BCUT2D eigenvalue weighted by atomic mass is 10.0. The molecule has 2 aromatic heterocycles. The first-order chi connectivity index (χ1) is 12.4. The van der Waals surface area contributed by atoms with Crippen molar-refractivity contribution >= 4 is 16.9 Å². The third-order valence-corrected chi connectivity index (χ3v) is 4.62. The molecule has 3 aromatic rings. The van der Waals surface area contributed by atoms with Crippen molar-refractivity contribution in [2.75, 3.05) is 0 Å². The maximum absolute atomic E-state index is 13.0. The van der Waals surface area contributed by atoms with Crippen LogP contribution in [0, 0.1) is 13.8 Å². The van der Waals surface area contributed by atoms with Gasteiger partial charge in [0.05, 0.1) is 23.2 Å². The summed E-state index contributed by atoms with van der Waals surface area (Å²) in [5.41, 5.74) is 4.53. The molecular weight excluding hydrogens is 324 g/mol. The molecule has 0 bridgehead atoms. The van der Waals surface area contributed by atoms with E-state index in [0.29, 0.717) is 5.56 Å². The highest BCUT2D eigenvalue weighted by atomic mass is 16.1. The Morgan fingerprint density at radius 3 is 2.50 bits per heavy atom. The number of rotatable bonds is 5. The molecule has 136 valence electrons. The van der Waals surface area contributed by atoms with Crippen LogP contribution in [-0.4, -0.2) is 20.7 Å². The number of hydrogen-bond donors (Lipinski definition) is 1. The fourth-order valence-corrected chi connectivity index (χ4v) is 3.16. The second-order valence-corrected chi connectivity index (χ2v) is 7.08. The highest BCUT2D eigenvalue weighted by Crippen LogP contribution is 2.23. The number of benzene rings is 1. The number of aromatic nitrogens is 3. The van der Waals surface area contributed by atoms with Gasteiger partial charge in [-0.2, -0.15) is 5.10 Å². The fraction of sp³-hybridized carbons (Fsp3) is 0.381. The number of aryl methyl sites for hydroxylation is 2. The van der Waals surface area contributed by atoms with Crippen molar-refractivity contribution in [2.45, 2.75) is 53.1 Å². The average molecular weight is 350 g/mol. The van der Waals surface area contributed by atoms with E-state index in [0.717, 1.165) is 28.7 Å². The van der Waals surface area contributed by atoms with Crippen molar-refractivity contribution < 1.29 is 4.79 Å². The highest BCUT2D eigenvalue weighted by molar-refractivity contribution is 6.05. The standard InChI is InChI=1S/C21H26N4O/c1-6-19(16-9-7-14(4)8-10-16)24-21(26)17-11-15(5)23-20-18(17)12-22-25(20)13(2)3/h7-13,19H,6H2,1-5H3,(H,24,26)/t19-/m0/s1. The van der Waals surface area contributed by atoms with Crippen LogP contribution in [0.3, 0.4) is 0 Å². The highest BCUT2D eigenvalue weighted by Gasteiger charge is 2.19. The molecule has 0 saturated carbocycles. The summed E-state index contributed by atoms with van der Waals surface area (Å²) in [6.07, 6.45) is 2.57. The van der Waals surface area contributed by atoms with Gasteiger partial charge in [0.25, 0.3) is 5.91 Å². The Labute approximate surface area is 154 Å². The summed E-state index contributed by atoms with van der Waals surface area (Å²) >= 11 is 0. The summed E-state index contributed by atoms with van der Waals surface area (Å²) in [7, 11) is 0. The van der Waals surface area contributed by atoms with Gasteiger partial charge < -0.3 is 5.32 Å². The van der Waals surface area contributed by atoms with Crippen LogP contribution < -0.4 is 5.32 Å². The second kappa shape index (κ2) is 7.28. The van der Waals surface area contributed by atoms with E-state index >= 15 is 0 Å². The van der Waals surface area contributed by atoms with Gasteiger partial charge in [-0.25, -0.2) is 9.67 Å². The van der Waals surface area contributed by atoms with Gasteiger partial charge in [-0.15, -0.1) is 0 Å². The molecule has 0 aliphatic carbocycles. The average Bonchev–Trinajstić information content (AvgIpc) is 3.03. The molecule has 5 heteroatoms. The number of fused-ring (bicyclic) bond motifs is 1. The molecule has 26 heavy (non-hydrogen) atoms. The Morgan fingerprint density at radius 2 is 1.88 bits per heavy atom. The Morgan fingerprint density at radius 1 is 1.19 bits per heavy atom. The van der Waals surface area contributed by atoms with Gasteiger partial charge in [0.15, 0.2) is 5.65 Å². The van der Waals surface area contributed by atoms with Crippen LogP contribution in [0.25, 0.3) is 11.0 Å². The van der Waals surface area contributed by atoms with Crippen molar-refractivity contribution in [1.82, 2.24) is 20.1 Å². The number of nitrogens with zero attached hydrogens (tertiary/aromatic N) is 3. The molecule has 0 aliphatic heterocycles. The quantitative estimate of drug-likeness (QED) is 0.736. The molecule has 0 aliphatic rings. The van der Waals surface area contributed by atoms with Crippen molar-refractivity contribution in [3.63, 3.8) is 0 Å². The summed E-state index contributed by atoms with van der Waals surface area (Å²) in [4.78, 5) is 17.6. The lowest BCUT2D eigenvalue weighted by Crippen LogP contribution is -2.28. The van der Waals surface area contributed by atoms with E-state index in [1.807, 2.05) is 17.7 Å². The molecule has 1 aromatic carbocycles. The Hall–Kier alpha value is -2.69. The van der Waals surface area contributed by atoms with Crippen LogP contribution in [0.2, 0.25) is 0 Å². The van der Waals surface area contributed by atoms with E-state index in [1.54, 1.807) is 6.20 Å². The topological polar surface area (TPSA) is 59.8 Å². The van der Waals surface area contributed by atoms with Gasteiger partial charge in [0.1, 0.15) is 0 Å². The van der Waals surface area contributed by atoms with Crippen LogP contribution in [0.5, 0.6) is 0 Å². The molecule has 0 fully saturated rings. The Kier molecular flexibility index (Phi) is 5.07. The van der Waals surface area contributed by atoms with Gasteiger partial charge in [-0.1, -0.05) is 36.8 Å². The van der Waals surface area contributed by atoms with Crippen LogP contribution in [0.1, 0.15) is 66.5 Å². The third-order valence-electron chi connectivity index (χ3n) is 4.62. The second-order valence-electron chi connectivity index (χ2n) is 7.08. The van der Waals surface area contributed by atoms with Crippen LogP contribution in [0.4, 0.5) is 0 Å². The van der Waals surface area contributed by atoms with Gasteiger partial charge in [-0.05, 0) is 45.7 Å². The van der Waals surface area contributed by atoms with E-state index in [9.17, 15) is 4.79 Å². The van der Waals surface area contributed by atoms with Crippen molar-refractivity contribution in [3.8, 4) is 0 Å². The first-order valence-electron chi connectivity index (χ1n) is 9.13. The fourth-order valence-electron chi connectivity index (χ4n) is 3.16. The molecule has 1 atom stereocenters. The maximum atomic E-state index is 13.0. The summed E-state index contributed by atoms with van der Waals surface area (Å²) in [5.74, 6) is -0.0868. The van der Waals surface area contributed by atoms with E-state index < -0.39 is 0 Å². The molecule has 5 nitrogen and oxygen atoms in total. The number of amides is 1. The Balaban J connectivity index is 1.95. The van der Waals surface area contributed by atoms with E-state index in [4.69, 9.17) is 0 Å². The predicted octanol–water partition coefficient (Wildman–Crippen LogP) is 4.51. The summed E-state index contributed by atoms with van der Waals surface area (Å²) in [6.45, 7) is 10.2. The molecule has 0 saturated heterocycles. The lowest BCUT2D eigenvalue weighted by Gasteiger charge is -2.18. The maximum Gasteiger partial charge on any atom is 0.252 e. The predicted molar refractivity (Wildman–Crippen MR) is 104 cm³/mol. The van der Waals surface area contributed by atoms with Crippen LogP contribution >= 0.6 is 0 Å². The number of hydrogen-bond acceptors (Lipinski definition) is 3. The number of carbonyl (C=O) groups excluding carboxylic acids is 1. The van der Waals surface area contributed by atoms with E-state index in [-0.39, 0.29) is 18.0 Å². The Bertz CT molecular complexity index is 925.